The van der Waals surface area contributed by atoms with Crippen LogP contribution >= 0.6 is 0 Å². The minimum atomic E-state index is 0.173. The van der Waals surface area contributed by atoms with Crippen molar-refractivity contribution in [1.29, 1.82) is 0 Å². The fourth-order valence-electron chi connectivity index (χ4n) is 2.58. The van der Waals surface area contributed by atoms with Gasteiger partial charge in [0.2, 0.25) is 0 Å². The molecule has 0 bridgehead atoms. The molecule has 3 rings (SSSR count). The Hall–Kier alpha value is -1.55. The van der Waals surface area contributed by atoms with E-state index in [9.17, 15) is 0 Å². The number of H-pyrrole nitrogens is 1. The number of rotatable bonds is 1. The molecular formula is C15H22N4. The van der Waals surface area contributed by atoms with E-state index in [4.69, 9.17) is 0 Å². The van der Waals surface area contributed by atoms with E-state index in [0.29, 0.717) is 0 Å². The molecule has 1 aromatic heterocycles. The zero-order chi connectivity index (χ0) is 13.5. The number of benzene rings is 1. The number of fused-ring (bicyclic) bond motifs is 1. The summed E-state index contributed by atoms with van der Waals surface area (Å²) in [7, 11) is 0. The lowest BCUT2D eigenvalue weighted by molar-refractivity contribution is 0.585. The maximum atomic E-state index is 4.52. The van der Waals surface area contributed by atoms with Crippen molar-refractivity contribution in [3.8, 4) is 0 Å². The molecule has 1 aliphatic rings. The first kappa shape index (κ1) is 12.5. The van der Waals surface area contributed by atoms with Crippen LogP contribution in [0.15, 0.2) is 18.2 Å². The van der Waals surface area contributed by atoms with E-state index < -0.39 is 0 Å². The molecule has 1 aliphatic heterocycles. The summed E-state index contributed by atoms with van der Waals surface area (Å²) >= 11 is 0. The van der Waals surface area contributed by atoms with Gasteiger partial charge >= 0.3 is 0 Å². The quantitative estimate of drug-likeness (QED) is 0.824. The SMILES string of the molecule is CC(C)(C)c1ccc2[nH]nc(N3CCNCC3)c2c1. The molecule has 4 nitrogen and oxygen atoms in total. The molecule has 1 fully saturated rings. The highest BCUT2D eigenvalue weighted by Gasteiger charge is 2.19. The molecule has 19 heavy (non-hydrogen) atoms. The van der Waals surface area contributed by atoms with Crippen molar-refractivity contribution in [2.75, 3.05) is 31.1 Å². The van der Waals surface area contributed by atoms with Crippen molar-refractivity contribution in [3.63, 3.8) is 0 Å². The van der Waals surface area contributed by atoms with Gasteiger partial charge in [-0.05, 0) is 23.1 Å². The highest BCUT2D eigenvalue weighted by atomic mass is 15.3. The summed E-state index contributed by atoms with van der Waals surface area (Å²) in [6.07, 6.45) is 0. The van der Waals surface area contributed by atoms with Gasteiger partial charge in [-0.15, -0.1) is 0 Å². The van der Waals surface area contributed by atoms with Gasteiger partial charge < -0.3 is 10.2 Å². The van der Waals surface area contributed by atoms with E-state index in [1.807, 2.05) is 0 Å². The number of aromatic amines is 1. The van der Waals surface area contributed by atoms with Gasteiger partial charge in [0.15, 0.2) is 5.82 Å². The normalized spacial score (nSPS) is 17.1. The fourth-order valence-corrected chi connectivity index (χ4v) is 2.58. The van der Waals surface area contributed by atoms with Crippen LogP contribution in [0, 0.1) is 0 Å². The van der Waals surface area contributed by atoms with E-state index in [1.54, 1.807) is 0 Å². The lowest BCUT2D eigenvalue weighted by Gasteiger charge is -2.27. The van der Waals surface area contributed by atoms with Crippen LogP contribution < -0.4 is 10.2 Å². The van der Waals surface area contributed by atoms with Crippen molar-refractivity contribution in [3.05, 3.63) is 23.8 Å². The van der Waals surface area contributed by atoms with Crippen molar-refractivity contribution in [1.82, 2.24) is 15.5 Å². The summed E-state index contributed by atoms with van der Waals surface area (Å²) in [5.41, 5.74) is 2.66. The van der Waals surface area contributed by atoms with Gasteiger partial charge in [-0.1, -0.05) is 26.8 Å². The minimum Gasteiger partial charge on any atom is -0.352 e. The predicted molar refractivity (Wildman–Crippen MR) is 79.9 cm³/mol. The number of hydrogen-bond donors (Lipinski definition) is 2. The summed E-state index contributed by atoms with van der Waals surface area (Å²) in [4.78, 5) is 2.36. The van der Waals surface area contributed by atoms with Gasteiger partial charge in [-0.2, -0.15) is 5.10 Å². The summed E-state index contributed by atoms with van der Waals surface area (Å²) < 4.78 is 0. The van der Waals surface area contributed by atoms with Crippen LogP contribution in [0.5, 0.6) is 0 Å². The van der Waals surface area contributed by atoms with E-state index in [-0.39, 0.29) is 5.41 Å². The van der Waals surface area contributed by atoms with Crippen molar-refractivity contribution >= 4 is 16.7 Å². The molecule has 1 saturated heterocycles. The molecule has 4 heteroatoms. The first-order valence-corrected chi connectivity index (χ1v) is 7.00. The second-order valence-electron chi connectivity index (χ2n) is 6.29. The van der Waals surface area contributed by atoms with Crippen LogP contribution in [0.2, 0.25) is 0 Å². The lowest BCUT2D eigenvalue weighted by atomic mass is 9.86. The number of nitrogens with zero attached hydrogens (tertiary/aromatic N) is 2. The third-order valence-electron chi connectivity index (χ3n) is 3.83. The van der Waals surface area contributed by atoms with Crippen LogP contribution in [-0.4, -0.2) is 36.4 Å². The molecule has 0 unspecified atom stereocenters. The molecule has 0 amide bonds. The Morgan fingerprint density at radius 3 is 2.58 bits per heavy atom. The maximum absolute atomic E-state index is 4.52. The van der Waals surface area contributed by atoms with Gasteiger partial charge in [-0.25, -0.2) is 0 Å². The summed E-state index contributed by atoms with van der Waals surface area (Å²) in [6.45, 7) is 10.9. The molecule has 2 aromatic rings. The summed E-state index contributed by atoms with van der Waals surface area (Å²) in [6, 6.07) is 6.63. The van der Waals surface area contributed by atoms with Crippen molar-refractivity contribution in [2.45, 2.75) is 26.2 Å². The van der Waals surface area contributed by atoms with Gasteiger partial charge in [-0.3, -0.25) is 5.10 Å². The smallest absolute Gasteiger partial charge is 0.158 e. The number of piperazine rings is 1. The molecule has 0 aliphatic carbocycles. The monoisotopic (exact) mass is 258 g/mol. The Balaban J connectivity index is 2.05. The van der Waals surface area contributed by atoms with Gasteiger partial charge in [0.1, 0.15) is 0 Å². The maximum Gasteiger partial charge on any atom is 0.158 e. The van der Waals surface area contributed by atoms with E-state index in [2.05, 4.69) is 59.4 Å². The molecule has 1 aromatic carbocycles. The standard InChI is InChI=1S/C15H22N4/c1-15(2,3)11-4-5-13-12(10-11)14(18-17-13)19-8-6-16-7-9-19/h4-5,10,16H,6-9H2,1-3H3,(H,17,18). The summed E-state index contributed by atoms with van der Waals surface area (Å²) in [5.74, 6) is 1.10. The summed E-state index contributed by atoms with van der Waals surface area (Å²) in [5, 5.41) is 12.3. The number of aromatic nitrogens is 2. The average Bonchev–Trinajstić information content (AvgIpc) is 2.81. The Morgan fingerprint density at radius 2 is 1.89 bits per heavy atom. The fraction of sp³-hybridized carbons (Fsp3) is 0.533. The first-order chi connectivity index (χ1) is 9.05. The van der Waals surface area contributed by atoms with Crippen LogP contribution in [0.25, 0.3) is 10.9 Å². The number of nitrogens with one attached hydrogen (secondary N) is 2. The molecular weight excluding hydrogens is 236 g/mol. The number of hydrogen-bond acceptors (Lipinski definition) is 3. The Kier molecular flexibility index (Phi) is 2.97. The molecule has 2 N–H and O–H groups in total. The van der Waals surface area contributed by atoms with Gasteiger partial charge in [0.25, 0.3) is 0 Å². The molecule has 2 heterocycles. The third-order valence-corrected chi connectivity index (χ3v) is 3.83. The van der Waals surface area contributed by atoms with Gasteiger partial charge in [0.05, 0.1) is 5.52 Å². The molecule has 0 atom stereocenters. The largest absolute Gasteiger partial charge is 0.352 e. The van der Waals surface area contributed by atoms with Gasteiger partial charge in [0, 0.05) is 31.6 Å². The highest BCUT2D eigenvalue weighted by molar-refractivity contribution is 5.91. The molecule has 0 radical (unpaired) electrons. The Morgan fingerprint density at radius 1 is 1.16 bits per heavy atom. The third kappa shape index (κ3) is 2.32. The zero-order valence-corrected chi connectivity index (χ0v) is 12.0. The van der Waals surface area contributed by atoms with Crippen molar-refractivity contribution < 1.29 is 0 Å². The van der Waals surface area contributed by atoms with E-state index in [1.165, 1.54) is 10.9 Å². The Bertz CT molecular complexity index is 573. The second-order valence-corrected chi connectivity index (χ2v) is 6.29. The first-order valence-electron chi connectivity index (χ1n) is 7.00. The van der Waals surface area contributed by atoms with Crippen LogP contribution in [0.1, 0.15) is 26.3 Å². The van der Waals surface area contributed by atoms with E-state index in [0.717, 1.165) is 37.5 Å². The molecule has 0 saturated carbocycles. The topological polar surface area (TPSA) is 44.0 Å². The predicted octanol–water partition coefficient (Wildman–Crippen LogP) is 2.27. The second kappa shape index (κ2) is 4.53. The van der Waals surface area contributed by atoms with E-state index >= 15 is 0 Å². The van der Waals surface area contributed by atoms with Crippen LogP contribution in [-0.2, 0) is 5.41 Å². The van der Waals surface area contributed by atoms with Crippen LogP contribution in [0.3, 0.4) is 0 Å². The number of anilines is 1. The molecule has 0 spiro atoms. The Labute approximate surface area is 114 Å². The molecule has 102 valence electrons. The van der Waals surface area contributed by atoms with Crippen molar-refractivity contribution in [2.24, 2.45) is 0 Å². The average molecular weight is 258 g/mol. The lowest BCUT2D eigenvalue weighted by Crippen LogP contribution is -2.43. The minimum absolute atomic E-state index is 0.173. The zero-order valence-electron chi connectivity index (χ0n) is 12.0. The van der Waals surface area contributed by atoms with Crippen LogP contribution in [0.4, 0.5) is 5.82 Å². The highest BCUT2D eigenvalue weighted by Crippen LogP contribution is 2.30.